The smallest absolute Gasteiger partial charge is 0.320 e. The Morgan fingerprint density at radius 3 is 1.63 bits per heavy atom. The van der Waals surface area contributed by atoms with Crippen LogP contribution in [0.25, 0.3) is 0 Å². The minimum Gasteiger partial charge on any atom is -0.465 e. The average Bonchev–Trinajstić information content (AvgIpc) is 2.28. The number of hydrogen-bond acceptors (Lipinski definition) is 3. The van der Waals surface area contributed by atoms with Crippen LogP contribution in [-0.2, 0) is 14.3 Å². The maximum absolute atomic E-state index is 12.2. The number of ketones is 1. The predicted molar refractivity (Wildman–Crippen MR) is 77.8 cm³/mol. The van der Waals surface area contributed by atoms with E-state index in [2.05, 4.69) is 0 Å². The Bertz CT molecular complexity index is 361. The van der Waals surface area contributed by atoms with Gasteiger partial charge in [0, 0.05) is 0 Å². The van der Waals surface area contributed by atoms with Crippen molar-refractivity contribution >= 4 is 11.8 Å². The van der Waals surface area contributed by atoms with Crippen molar-refractivity contribution in [1.82, 2.24) is 0 Å². The summed E-state index contributed by atoms with van der Waals surface area (Å²) in [6.45, 7) is 11.3. The highest BCUT2D eigenvalue weighted by atomic mass is 16.5. The molecule has 0 bridgehead atoms. The van der Waals surface area contributed by atoms with Crippen LogP contribution in [0.4, 0.5) is 0 Å². The third kappa shape index (κ3) is 5.41. The summed E-state index contributed by atoms with van der Waals surface area (Å²) < 4.78 is 5.11. The summed E-state index contributed by atoms with van der Waals surface area (Å²) in [6.07, 6.45) is 4.65. The van der Waals surface area contributed by atoms with E-state index >= 15 is 0 Å². The molecule has 0 fully saturated rings. The van der Waals surface area contributed by atoms with Crippen LogP contribution in [0.15, 0.2) is 23.3 Å². The molecule has 3 nitrogen and oxygen atoms in total. The third-order valence-electron chi connectivity index (χ3n) is 3.06. The molecule has 3 heteroatoms. The van der Waals surface area contributed by atoms with E-state index in [4.69, 9.17) is 4.74 Å². The number of rotatable bonds is 7. The molecule has 0 aromatic carbocycles. The summed E-state index contributed by atoms with van der Waals surface area (Å²) >= 11 is 0. The van der Waals surface area contributed by atoms with E-state index < -0.39 is 11.4 Å². The Hall–Kier alpha value is -1.38. The highest BCUT2D eigenvalue weighted by Crippen LogP contribution is 2.32. The lowest BCUT2D eigenvalue weighted by molar-refractivity contribution is -0.159. The van der Waals surface area contributed by atoms with Gasteiger partial charge in [-0.25, -0.2) is 0 Å². The molecule has 0 N–H and O–H groups in total. The number of allylic oxidation sites excluding steroid dienone is 4. The van der Waals surface area contributed by atoms with Crippen LogP contribution in [0.3, 0.4) is 0 Å². The van der Waals surface area contributed by atoms with E-state index in [1.807, 2.05) is 39.8 Å². The number of esters is 1. The van der Waals surface area contributed by atoms with Crippen molar-refractivity contribution in [2.75, 3.05) is 6.61 Å². The lowest BCUT2D eigenvalue weighted by Crippen LogP contribution is -2.39. The van der Waals surface area contributed by atoms with Gasteiger partial charge in [-0.2, -0.15) is 0 Å². The molecule has 0 atom stereocenters. The minimum absolute atomic E-state index is 0.138. The zero-order chi connectivity index (χ0) is 15.1. The van der Waals surface area contributed by atoms with Gasteiger partial charge in [-0.05, 0) is 54.4 Å². The molecule has 0 aromatic rings. The highest BCUT2D eigenvalue weighted by molar-refractivity contribution is 6.03. The van der Waals surface area contributed by atoms with E-state index in [9.17, 15) is 9.59 Å². The fraction of sp³-hybridized carbons (Fsp3) is 0.625. The van der Waals surface area contributed by atoms with E-state index in [-0.39, 0.29) is 12.4 Å². The Kier molecular flexibility index (Phi) is 7.35. The molecule has 0 aliphatic heterocycles. The van der Waals surface area contributed by atoms with Crippen molar-refractivity contribution in [2.24, 2.45) is 5.41 Å². The summed E-state index contributed by atoms with van der Waals surface area (Å²) in [5.41, 5.74) is 1.10. The molecule has 0 rings (SSSR count). The Labute approximate surface area is 116 Å². The maximum Gasteiger partial charge on any atom is 0.320 e. The van der Waals surface area contributed by atoms with E-state index in [1.165, 1.54) is 6.92 Å². The van der Waals surface area contributed by atoms with Gasteiger partial charge in [0.1, 0.15) is 11.2 Å². The lowest BCUT2D eigenvalue weighted by Gasteiger charge is -2.27. The summed E-state index contributed by atoms with van der Waals surface area (Å²) in [5, 5.41) is 0. The van der Waals surface area contributed by atoms with Crippen molar-refractivity contribution in [3.63, 3.8) is 0 Å². The van der Waals surface area contributed by atoms with E-state index in [0.29, 0.717) is 12.8 Å². The second-order valence-electron chi connectivity index (χ2n) is 5.33. The van der Waals surface area contributed by atoms with Gasteiger partial charge < -0.3 is 4.74 Å². The molecule has 0 heterocycles. The average molecular weight is 266 g/mol. The summed E-state index contributed by atoms with van der Waals surface area (Å²) in [5.74, 6) is -0.557. The van der Waals surface area contributed by atoms with Gasteiger partial charge in [0.15, 0.2) is 0 Å². The van der Waals surface area contributed by atoms with Crippen molar-refractivity contribution in [3.8, 4) is 0 Å². The van der Waals surface area contributed by atoms with Gasteiger partial charge in [0.25, 0.3) is 0 Å². The molecule has 0 aliphatic rings. The van der Waals surface area contributed by atoms with Crippen molar-refractivity contribution < 1.29 is 14.3 Å². The first-order valence-electron chi connectivity index (χ1n) is 6.71. The SMILES string of the molecule is CCOC(=O)C(CC=C(C)C)(CC=C(C)C)C(C)=O. The van der Waals surface area contributed by atoms with Crippen molar-refractivity contribution in [1.29, 1.82) is 0 Å². The molecule has 0 aliphatic carbocycles. The lowest BCUT2D eigenvalue weighted by atomic mass is 9.76. The Morgan fingerprint density at radius 1 is 0.947 bits per heavy atom. The molecule has 0 spiro atoms. The number of hydrogen-bond donors (Lipinski definition) is 0. The standard InChI is InChI=1S/C16H26O3/c1-7-19-15(18)16(14(6)17,10-8-12(2)3)11-9-13(4)5/h8-9H,7,10-11H2,1-6H3. The first-order valence-corrected chi connectivity index (χ1v) is 6.71. The zero-order valence-corrected chi connectivity index (χ0v) is 13.0. The first-order chi connectivity index (χ1) is 8.76. The molecule has 19 heavy (non-hydrogen) atoms. The number of Topliss-reactive ketones (excluding diaryl/α,β-unsaturated/α-hetero) is 1. The predicted octanol–water partition coefficient (Wildman–Crippen LogP) is 3.84. The topological polar surface area (TPSA) is 43.4 Å². The summed E-state index contributed by atoms with van der Waals surface area (Å²) in [7, 11) is 0. The van der Waals surface area contributed by atoms with Gasteiger partial charge in [0.05, 0.1) is 6.61 Å². The largest absolute Gasteiger partial charge is 0.465 e. The number of ether oxygens (including phenoxy) is 1. The molecule has 0 saturated carbocycles. The van der Waals surface area contributed by atoms with Crippen LogP contribution in [-0.4, -0.2) is 18.4 Å². The summed E-state index contributed by atoms with van der Waals surface area (Å²) in [6, 6.07) is 0. The van der Waals surface area contributed by atoms with Gasteiger partial charge in [-0.1, -0.05) is 23.3 Å². The van der Waals surface area contributed by atoms with Crippen LogP contribution in [0.5, 0.6) is 0 Å². The molecular formula is C16H26O3. The van der Waals surface area contributed by atoms with E-state index in [1.54, 1.807) is 6.92 Å². The van der Waals surface area contributed by atoms with Crippen LogP contribution in [0.2, 0.25) is 0 Å². The zero-order valence-electron chi connectivity index (χ0n) is 13.0. The second-order valence-corrected chi connectivity index (χ2v) is 5.33. The number of carbonyl (C=O) groups is 2. The van der Waals surface area contributed by atoms with Crippen molar-refractivity contribution in [3.05, 3.63) is 23.3 Å². The van der Waals surface area contributed by atoms with E-state index in [0.717, 1.165) is 11.1 Å². The first kappa shape index (κ1) is 17.6. The van der Waals surface area contributed by atoms with Crippen LogP contribution in [0.1, 0.15) is 54.4 Å². The van der Waals surface area contributed by atoms with Crippen LogP contribution < -0.4 is 0 Å². The Morgan fingerprint density at radius 2 is 1.37 bits per heavy atom. The molecule has 0 aromatic heterocycles. The summed E-state index contributed by atoms with van der Waals surface area (Å²) in [4.78, 5) is 24.3. The van der Waals surface area contributed by atoms with Gasteiger partial charge in [-0.3, -0.25) is 9.59 Å². The van der Waals surface area contributed by atoms with Gasteiger partial charge >= 0.3 is 5.97 Å². The fourth-order valence-electron chi connectivity index (χ4n) is 1.71. The monoisotopic (exact) mass is 266 g/mol. The fourth-order valence-corrected chi connectivity index (χ4v) is 1.71. The van der Waals surface area contributed by atoms with Crippen LogP contribution >= 0.6 is 0 Å². The molecule has 0 saturated heterocycles. The van der Waals surface area contributed by atoms with Gasteiger partial charge in [-0.15, -0.1) is 0 Å². The molecule has 0 radical (unpaired) electrons. The Balaban J connectivity index is 5.46. The quantitative estimate of drug-likeness (QED) is 0.399. The second kappa shape index (κ2) is 7.93. The van der Waals surface area contributed by atoms with Crippen molar-refractivity contribution in [2.45, 2.75) is 54.4 Å². The molecule has 0 unspecified atom stereocenters. The van der Waals surface area contributed by atoms with Crippen LogP contribution in [0, 0.1) is 5.41 Å². The maximum atomic E-state index is 12.2. The molecule has 108 valence electrons. The normalized spacial score (nSPS) is 10.6. The molecular weight excluding hydrogens is 240 g/mol. The number of carbonyl (C=O) groups excluding carboxylic acids is 2. The highest BCUT2D eigenvalue weighted by Gasteiger charge is 2.42. The molecule has 0 amide bonds. The third-order valence-corrected chi connectivity index (χ3v) is 3.06. The minimum atomic E-state index is -1.08. The van der Waals surface area contributed by atoms with Gasteiger partial charge in [0.2, 0.25) is 0 Å².